The maximum absolute atomic E-state index is 13.1. The molecule has 0 aromatic heterocycles. The lowest BCUT2D eigenvalue weighted by Gasteiger charge is -2.35. The summed E-state index contributed by atoms with van der Waals surface area (Å²) < 4.78 is 25.9. The van der Waals surface area contributed by atoms with Crippen LogP contribution in [-0.2, 0) is 21.2 Å². The highest BCUT2D eigenvalue weighted by molar-refractivity contribution is 7.92. The minimum atomic E-state index is -3.35. The molecule has 8 nitrogen and oxygen atoms in total. The third kappa shape index (κ3) is 3.10. The number of carbonyl (C=O) groups is 3. The number of ketones is 1. The van der Waals surface area contributed by atoms with E-state index >= 15 is 0 Å². The van der Waals surface area contributed by atoms with Gasteiger partial charge in [0.1, 0.15) is 5.54 Å². The van der Waals surface area contributed by atoms with Crippen molar-refractivity contribution >= 4 is 33.4 Å². The molecule has 3 amide bonds. The molecule has 0 radical (unpaired) electrons. The molecule has 2 fully saturated rings. The third-order valence-corrected chi connectivity index (χ3v) is 8.52. The number of rotatable bonds is 5. The van der Waals surface area contributed by atoms with E-state index in [1.807, 2.05) is 0 Å². The number of anilines is 1. The molecule has 1 saturated heterocycles. The van der Waals surface area contributed by atoms with Crippen LogP contribution in [0.15, 0.2) is 18.2 Å². The van der Waals surface area contributed by atoms with Gasteiger partial charge in [-0.25, -0.2) is 13.2 Å². The number of imide groups is 1. The lowest BCUT2D eigenvalue weighted by Crippen LogP contribution is -2.49. The number of urea groups is 1. The predicted molar refractivity (Wildman–Crippen MR) is 112 cm³/mol. The molecular weight excluding hydrogens is 406 g/mol. The number of nitrogens with zero attached hydrogens (tertiary/aromatic N) is 3. The van der Waals surface area contributed by atoms with Crippen LogP contribution in [0, 0.1) is 0 Å². The summed E-state index contributed by atoms with van der Waals surface area (Å²) >= 11 is 0. The molecular formula is C21H27N3O5S. The number of carbonyl (C=O) groups excluding carboxylic acids is 3. The highest BCUT2D eigenvalue weighted by Crippen LogP contribution is 2.39. The van der Waals surface area contributed by atoms with Crippen molar-refractivity contribution in [3.8, 4) is 0 Å². The SMILES string of the molecule is CCS(=O)(=O)N1CCc2cc(C(=O)CN3C(=O)N(C)C4(CCCCC4)C3=O)ccc21. The molecule has 1 saturated carbocycles. The number of hydrogen-bond acceptors (Lipinski definition) is 5. The van der Waals surface area contributed by atoms with Gasteiger partial charge in [-0.05, 0) is 49.9 Å². The molecule has 0 bridgehead atoms. The minimum absolute atomic E-state index is 0.0154. The van der Waals surface area contributed by atoms with Gasteiger partial charge < -0.3 is 4.90 Å². The van der Waals surface area contributed by atoms with E-state index in [-0.39, 0.29) is 24.0 Å². The van der Waals surface area contributed by atoms with E-state index in [1.54, 1.807) is 32.2 Å². The quantitative estimate of drug-likeness (QED) is 0.524. The van der Waals surface area contributed by atoms with Crippen LogP contribution < -0.4 is 4.31 Å². The van der Waals surface area contributed by atoms with E-state index in [2.05, 4.69) is 0 Å². The summed E-state index contributed by atoms with van der Waals surface area (Å²) in [5.74, 6) is -0.580. The maximum Gasteiger partial charge on any atom is 0.327 e. The van der Waals surface area contributed by atoms with E-state index in [9.17, 15) is 22.8 Å². The molecule has 1 aliphatic carbocycles. The molecule has 162 valence electrons. The third-order valence-electron chi connectivity index (χ3n) is 6.74. The molecule has 4 rings (SSSR count). The number of fused-ring (bicyclic) bond motifs is 1. The Balaban J connectivity index is 1.54. The van der Waals surface area contributed by atoms with Gasteiger partial charge in [0.2, 0.25) is 10.0 Å². The zero-order valence-electron chi connectivity index (χ0n) is 17.4. The van der Waals surface area contributed by atoms with Crippen LogP contribution in [0.1, 0.15) is 54.9 Å². The first-order valence-corrected chi connectivity index (χ1v) is 12.1. The average molecular weight is 434 g/mol. The van der Waals surface area contributed by atoms with Gasteiger partial charge in [0.15, 0.2) is 5.78 Å². The number of benzene rings is 1. The van der Waals surface area contributed by atoms with Crippen molar-refractivity contribution < 1.29 is 22.8 Å². The normalized spacial score (nSPS) is 20.9. The van der Waals surface area contributed by atoms with E-state index in [0.29, 0.717) is 37.1 Å². The molecule has 1 aromatic carbocycles. The molecule has 1 spiro atoms. The van der Waals surface area contributed by atoms with Crippen molar-refractivity contribution in [2.24, 2.45) is 0 Å². The van der Waals surface area contributed by atoms with Crippen LogP contribution in [0.25, 0.3) is 0 Å². The molecule has 9 heteroatoms. The lowest BCUT2D eigenvalue weighted by molar-refractivity contribution is -0.134. The van der Waals surface area contributed by atoms with Crippen LogP contribution in [0.3, 0.4) is 0 Å². The summed E-state index contributed by atoms with van der Waals surface area (Å²) in [6, 6.07) is 4.49. The number of likely N-dealkylation sites (N-methyl/N-ethyl adjacent to an activating group) is 1. The maximum atomic E-state index is 13.1. The van der Waals surface area contributed by atoms with Gasteiger partial charge in [-0.1, -0.05) is 19.3 Å². The highest BCUT2D eigenvalue weighted by Gasteiger charge is 2.55. The van der Waals surface area contributed by atoms with Crippen molar-refractivity contribution in [3.05, 3.63) is 29.3 Å². The summed E-state index contributed by atoms with van der Waals surface area (Å²) in [6.07, 6.45) is 4.65. The van der Waals surface area contributed by atoms with Gasteiger partial charge in [0, 0.05) is 19.2 Å². The van der Waals surface area contributed by atoms with Crippen LogP contribution in [0.4, 0.5) is 10.5 Å². The highest BCUT2D eigenvalue weighted by atomic mass is 32.2. The second-order valence-corrected chi connectivity index (χ2v) is 10.5. The Morgan fingerprint density at radius 1 is 1.13 bits per heavy atom. The van der Waals surface area contributed by atoms with Crippen molar-refractivity contribution in [2.75, 3.05) is 30.2 Å². The van der Waals surface area contributed by atoms with Gasteiger partial charge in [0.25, 0.3) is 5.91 Å². The van der Waals surface area contributed by atoms with Crippen LogP contribution in [-0.4, -0.2) is 67.4 Å². The molecule has 3 aliphatic rings. The lowest BCUT2D eigenvalue weighted by atomic mass is 9.80. The van der Waals surface area contributed by atoms with Crippen molar-refractivity contribution in [2.45, 2.75) is 51.0 Å². The van der Waals surface area contributed by atoms with Gasteiger partial charge >= 0.3 is 6.03 Å². The summed E-state index contributed by atoms with van der Waals surface area (Å²) in [4.78, 5) is 41.3. The number of hydrogen-bond donors (Lipinski definition) is 0. The largest absolute Gasteiger partial charge is 0.327 e. The molecule has 0 N–H and O–H groups in total. The van der Waals surface area contributed by atoms with Gasteiger partial charge in [-0.2, -0.15) is 0 Å². The Labute approximate surface area is 176 Å². The van der Waals surface area contributed by atoms with Gasteiger partial charge in [-0.3, -0.25) is 18.8 Å². The van der Waals surface area contributed by atoms with E-state index < -0.39 is 21.6 Å². The predicted octanol–water partition coefficient (Wildman–Crippen LogP) is 2.18. The molecule has 30 heavy (non-hydrogen) atoms. The fourth-order valence-corrected chi connectivity index (χ4v) is 6.05. The van der Waals surface area contributed by atoms with Crippen molar-refractivity contribution in [1.82, 2.24) is 9.80 Å². The van der Waals surface area contributed by atoms with E-state index in [4.69, 9.17) is 0 Å². The second kappa shape index (κ2) is 7.37. The van der Waals surface area contributed by atoms with Gasteiger partial charge in [-0.15, -0.1) is 0 Å². The van der Waals surface area contributed by atoms with Crippen molar-refractivity contribution in [3.63, 3.8) is 0 Å². The number of Topliss-reactive ketones (excluding diaryl/α,β-unsaturated/α-hetero) is 1. The zero-order chi connectivity index (χ0) is 21.7. The number of sulfonamides is 1. The fourth-order valence-electron chi connectivity index (χ4n) is 4.90. The van der Waals surface area contributed by atoms with Gasteiger partial charge in [0.05, 0.1) is 18.0 Å². The molecule has 0 unspecified atom stereocenters. The standard InChI is InChI=1S/C21H27N3O5S/c1-3-30(28,29)24-12-9-15-13-16(7-8-17(15)24)18(25)14-23-19(26)21(22(2)20(23)27)10-5-4-6-11-21/h7-8,13H,3-6,9-12,14H2,1-2H3. The monoisotopic (exact) mass is 433 g/mol. The average Bonchev–Trinajstić information content (AvgIpc) is 3.25. The summed E-state index contributed by atoms with van der Waals surface area (Å²) in [7, 11) is -1.71. The zero-order valence-corrected chi connectivity index (χ0v) is 18.2. The second-order valence-electron chi connectivity index (χ2n) is 8.31. The first-order chi connectivity index (χ1) is 14.2. The van der Waals surface area contributed by atoms with Crippen molar-refractivity contribution in [1.29, 1.82) is 0 Å². The topological polar surface area (TPSA) is 95.1 Å². The fraction of sp³-hybridized carbons (Fsp3) is 0.571. The minimum Gasteiger partial charge on any atom is -0.313 e. The molecule has 2 aliphatic heterocycles. The summed E-state index contributed by atoms with van der Waals surface area (Å²) in [6.45, 7) is 1.67. The van der Waals surface area contributed by atoms with Crippen LogP contribution >= 0.6 is 0 Å². The Bertz CT molecular complexity index is 1010. The van der Waals surface area contributed by atoms with Crippen LogP contribution in [0.5, 0.6) is 0 Å². The number of amides is 3. The Morgan fingerprint density at radius 3 is 2.50 bits per heavy atom. The molecule has 2 heterocycles. The summed E-state index contributed by atoms with van der Waals surface area (Å²) in [5, 5.41) is 0. The first kappa shape index (κ1) is 20.8. The Kier molecular flexibility index (Phi) is 5.12. The molecule has 1 aromatic rings. The smallest absolute Gasteiger partial charge is 0.313 e. The van der Waals surface area contributed by atoms with E-state index in [0.717, 1.165) is 29.7 Å². The molecule has 0 atom stereocenters. The Morgan fingerprint density at radius 2 is 1.83 bits per heavy atom. The Hall–Kier alpha value is -2.42. The van der Waals surface area contributed by atoms with Crippen LogP contribution in [0.2, 0.25) is 0 Å². The summed E-state index contributed by atoms with van der Waals surface area (Å²) in [5.41, 5.74) is 0.973. The first-order valence-electron chi connectivity index (χ1n) is 10.5. The van der Waals surface area contributed by atoms with E-state index in [1.165, 1.54) is 9.21 Å².